The Labute approximate surface area is 141 Å². The van der Waals surface area contributed by atoms with Crippen LogP contribution in [0, 0.1) is 0 Å². The molecule has 23 heavy (non-hydrogen) atoms. The third-order valence-electron chi connectivity index (χ3n) is 3.23. The van der Waals surface area contributed by atoms with Gasteiger partial charge in [0.15, 0.2) is 16.6 Å². The van der Waals surface area contributed by atoms with Gasteiger partial charge < -0.3 is 25.0 Å². The molecule has 1 aromatic carbocycles. The molecule has 1 aliphatic heterocycles. The zero-order valence-corrected chi connectivity index (χ0v) is 13.9. The number of hydrogen-bond donors (Lipinski definition) is 2. The molecule has 0 saturated carbocycles. The maximum Gasteiger partial charge on any atom is 0.243 e. The van der Waals surface area contributed by atoms with Crippen LogP contribution in [0.15, 0.2) is 30.9 Å². The molecule has 0 fully saturated rings. The zero-order valence-electron chi connectivity index (χ0n) is 13.1. The fraction of sp³-hybridized carbons (Fsp3) is 0.375. The summed E-state index contributed by atoms with van der Waals surface area (Å²) in [5.74, 6) is 1.19. The summed E-state index contributed by atoms with van der Waals surface area (Å²) in [4.78, 5) is 14.0. The number of hydrogen-bond acceptors (Lipinski definition) is 4. The summed E-state index contributed by atoms with van der Waals surface area (Å²) in [5, 5.41) is 6.39. The SMILES string of the molecule is C=CCNC(=S)N(CC)CC(=O)Nc1ccc2c(c1)OCCO2. The van der Waals surface area contributed by atoms with Crippen LogP contribution in [0.3, 0.4) is 0 Å². The van der Waals surface area contributed by atoms with E-state index in [1.54, 1.807) is 29.2 Å². The lowest BCUT2D eigenvalue weighted by atomic mass is 10.2. The van der Waals surface area contributed by atoms with Crippen molar-refractivity contribution in [3.05, 3.63) is 30.9 Å². The van der Waals surface area contributed by atoms with E-state index in [1.165, 1.54) is 0 Å². The Bertz CT molecular complexity index is 592. The van der Waals surface area contributed by atoms with E-state index in [0.717, 1.165) is 0 Å². The number of thiocarbonyl (C=S) groups is 1. The molecule has 1 aliphatic rings. The minimum Gasteiger partial charge on any atom is -0.486 e. The molecule has 0 saturated heterocycles. The first kappa shape index (κ1) is 17.1. The number of benzene rings is 1. The number of nitrogens with one attached hydrogen (secondary N) is 2. The Morgan fingerprint density at radius 2 is 2.13 bits per heavy atom. The third kappa shape index (κ3) is 4.85. The lowest BCUT2D eigenvalue weighted by Crippen LogP contribution is -2.43. The second kappa shape index (κ2) is 8.38. The highest BCUT2D eigenvalue weighted by molar-refractivity contribution is 7.80. The molecule has 0 unspecified atom stereocenters. The smallest absolute Gasteiger partial charge is 0.243 e. The van der Waals surface area contributed by atoms with Crippen molar-refractivity contribution in [1.82, 2.24) is 10.2 Å². The van der Waals surface area contributed by atoms with Crippen LogP contribution < -0.4 is 20.1 Å². The van der Waals surface area contributed by atoms with Crippen molar-refractivity contribution in [3.8, 4) is 11.5 Å². The number of carbonyl (C=O) groups is 1. The van der Waals surface area contributed by atoms with Crippen LogP contribution in [0.5, 0.6) is 11.5 Å². The average molecular weight is 335 g/mol. The van der Waals surface area contributed by atoms with Gasteiger partial charge in [-0.05, 0) is 31.3 Å². The van der Waals surface area contributed by atoms with Crippen LogP contribution in [0.1, 0.15) is 6.92 Å². The largest absolute Gasteiger partial charge is 0.486 e. The van der Waals surface area contributed by atoms with Gasteiger partial charge >= 0.3 is 0 Å². The molecular weight excluding hydrogens is 314 g/mol. The summed E-state index contributed by atoms with van der Waals surface area (Å²) in [6.07, 6.45) is 1.72. The molecule has 124 valence electrons. The highest BCUT2D eigenvalue weighted by atomic mass is 32.1. The molecule has 2 rings (SSSR count). The molecule has 0 aromatic heterocycles. The van der Waals surface area contributed by atoms with Gasteiger partial charge in [-0.2, -0.15) is 0 Å². The highest BCUT2D eigenvalue weighted by Crippen LogP contribution is 2.32. The fourth-order valence-corrected chi connectivity index (χ4v) is 2.37. The third-order valence-corrected chi connectivity index (χ3v) is 3.63. The van der Waals surface area contributed by atoms with Crippen molar-refractivity contribution in [1.29, 1.82) is 0 Å². The van der Waals surface area contributed by atoms with Crippen LogP contribution in [-0.2, 0) is 4.79 Å². The highest BCUT2D eigenvalue weighted by Gasteiger charge is 2.15. The average Bonchev–Trinajstić information content (AvgIpc) is 2.57. The summed E-state index contributed by atoms with van der Waals surface area (Å²) >= 11 is 5.25. The first-order valence-corrected chi connectivity index (χ1v) is 7.88. The lowest BCUT2D eigenvalue weighted by molar-refractivity contribution is -0.116. The Morgan fingerprint density at radius 1 is 1.39 bits per heavy atom. The normalized spacial score (nSPS) is 12.2. The van der Waals surface area contributed by atoms with Crippen LogP contribution in [0.25, 0.3) is 0 Å². The van der Waals surface area contributed by atoms with Gasteiger partial charge in [0.1, 0.15) is 13.2 Å². The van der Waals surface area contributed by atoms with E-state index >= 15 is 0 Å². The lowest BCUT2D eigenvalue weighted by Gasteiger charge is -2.23. The topological polar surface area (TPSA) is 62.8 Å². The van der Waals surface area contributed by atoms with Gasteiger partial charge in [0.2, 0.25) is 5.91 Å². The van der Waals surface area contributed by atoms with Crippen molar-refractivity contribution in [3.63, 3.8) is 0 Å². The van der Waals surface area contributed by atoms with Crippen molar-refractivity contribution < 1.29 is 14.3 Å². The summed E-state index contributed by atoms with van der Waals surface area (Å²) in [6, 6.07) is 5.34. The van der Waals surface area contributed by atoms with Crippen molar-refractivity contribution in [2.45, 2.75) is 6.92 Å². The van der Waals surface area contributed by atoms with E-state index in [9.17, 15) is 4.79 Å². The van der Waals surface area contributed by atoms with Crippen LogP contribution in [0.4, 0.5) is 5.69 Å². The maximum absolute atomic E-state index is 12.2. The zero-order chi connectivity index (χ0) is 16.7. The summed E-state index contributed by atoms with van der Waals surface area (Å²) in [7, 11) is 0. The van der Waals surface area contributed by atoms with Crippen molar-refractivity contribution in [2.75, 3.05) is 38.2 Å². The molecular formula is C16H21N3O3S. The van der Waals surface area contributed by atoms with E-state index in [1.807, 2.05) is 6.92 Å². The second-order valence-electron chi connectivity index (χ2n) is 4.90. The van der Waals surface area contributed by atoms with Crippen LogP contribution >= 0.6 is 12.2 Å². The number of likely N-dealkylation sites (N-methyl/N-ethyl adjacent to an activating group) is 1. The summed E-state index contributed by atoms with van der Waals surface area (Å²) in [5.41, 5.74) is 0.667. The number of ether oxygens (including phenoxy) is 2. The molecule has 0 radical (unpaired) electrons. The standard InChI is InChI=1S/C16H21N3O3S/c1-3-7-17-16(23)19(4-2)11-15(20)18-12-5-6-13-14(10-12)22-9-8-21-13/h3,5-6,10H,1,4,7-9,11H2,2H3,(H,17,23)(H,18,20). The number of nitrogens with zero attached hydrogens (tertiary/aromatic N) is 1. The van der Waals surface area contributed by atoms with Gasteiger partial charge in [0.05, 0.1) is 6.54 Å². The molecule has 1 heterocycles. The van der Waals surface area contributed by atoms with Crippen LogP contribution in [0.2, 0.25) is 0 Å². The monoisotopic (exact) mass is 335 g/mol. The van der Waals surface area contributed by atoms with E-state index < -0.39 is 0 Å². The maximum atomic E-state index is 12.2. The first-order valence-electron chi connectivity index (χ1n) is 7.47. The van der Waals surface area contributed by atoms with Crippen LogP contribution in [-0.4, -0.2) is 48.8 Å². The molecule has 1 amide bonds. The molecule has 0 spiro atoms. The first-order chi connectivity index (χ1) is 11.1. The molecule has 0 aliphatic carbocycles. The van der Waals surface area contributed by atoms with Crippen molar-refractivity contribution in [2.24, 2.45) is 0 Å². The summed E-state index contributed by atoms with van der Waals surface area (Å²) < 4.78 is 11.0. The number of amides is 1. The number of fused-ring (bicyclic) bond motifs is 1. The number of anilines is 1. The molecule has 6 nitrogen and oxygen atoms in total. The molecule has 2 N–H and O–H groups in total. The van der Waals surface area contributed by atoms with Gasteiger partial charge in [-0.3, -0.25) is 4.79 Å². The summed E-state index contributed by atoms with van der Waals surface area (Å²) in [6.45, 7) is 8.00. The van der Waals surface area contributed by atoms with Crippen molar-refractivity contribution >= 4 is 28.9 Å². The Balaban J connectivity index is 1.93. The van der Waals surface area contributed by atoms with E-state index in [4.69, 9.17) is 21.7 Å². The molecule has 7 heteroatoms. The predicted octanol–water partition coefficient (Wildman–Crippen LogP) is 1.78. The Hall–Kier alpha value is -2.28. The number of carbonyl (C=O) groups excluding carboxylic acids is 1. The second-order valence-corrected chi connectivity index (χ2v) is 5.28. The van der Waals surface area contributed by atoms with Gasteiger partial charge in [-0.25, -0.2) is 0 Å². The molecule has 1 aromatic rings. The fourth-order valence-electron chi connectivity index (χ4n) is 2.09. The van der Waals surface area contributed by atoms with E-state index in [0.29, 0.717) is 48.6 Å². The Morgan fingerprint density at radius 3 is 2.83 bits per heavy atom. The van der Waals surface area contributed by atoms with Gasteiger partial charge in [0, 0.05) is 24.8 Å². The molecule has 0 atom stereocenters. The van der Waals surface area contributed by atoms with Gasteiger partial charge in [-0.1, -0.05) is 6.08 Å². The van der Waals surface area contributed by atoms with E-state index in [2.05, 4.69) is 17.2 Å². The predicted molar refractivity (Wildman–Crippen MR) is 94.1 cm³/mol. The quantitative estimate of drug-likeness (QED) is 0.610. The molecule has 0 bridgehead atoms. The Kier molecular flexibility index (Phi) is 6.22. The van der Waals surface area contributed by atoms with E-state index in [-0.39, 0.29) is 12.5 Å². The minimum atomic E-state index is -0.147. The number of rotatable bonds is 6. The van der Waals surface area contributed by atoms with Gasteiger partial charge in [-0.15, -0.1) is 6.58 Å². The minimum absolute atomic E-state index is 0.147. The van der Waals surface area contributed by atoms with Gasteiger partial charge in [0.25, 0.3) is 0 Å².